The van der Waals surface area contributed by atoms with E-state index < -0.39 is 27.3 Å². The first-order valence-electron chi connectivity index (χ1n) is 5.40. The second kappa shape index (κ2) is 4.95. The maximum atomic E-state index is 12.2. The SMILES string of the molecule is CNC(=O)c1coc2ccc(OS(=O)(=O)C(F)(F)F)cc12. The Morgan fingerprint density at radius 3 is 2.57 bits per heavy atom. The summed E-state index contributed by atoms with van der Waals surface area (Å²) in [6.45, 7) is 0. The highest BCUT2D eigenvalue weighted by atomic mass is 32.2. The molecule has 0 spiro atoms. The molecule has 1 aromatic heterocycles. The van der Waals surface area contributed by atoms with E-state index in [1.165, 1.54) is 13.1 Å². The van der Waals surface area contributed by atoms with Gasteiger partial charge in [0, 0.05) is 12.4 Å². The standard InChI is InChI=1S/C11H8F3NO5S/c1-15-10(16)8-5-19-9-3-2-6(4-7(8)9)20-21(17,18)11(12,13)14/h2-5H,1H3,(H,15,16). The van der Waals surface area contributed by atoms with Crippen molar-refractivity contribution >= 4 is 27.0 Å². The lowest BCUT2D eigenvalue weighted by molar-refractivity contribution is -0.0500. The van der Waals surface area contributed by atoms with Gasteiger partial charge in [-0.1, -0.05) is 0 Å². The lowest BCUT2D eigenvalue weighted by atomic mass is 10.1. The van der Waals surface area contributed by atoms with Gasteiger partial charge < -0.3 is 13.9 Å². The minimum absolute atomic E-state index is 0.0438. The molecule has 2 rings (SSSR count). The Hall–Kier alpha value is -2.23. The normalized spacial score (nSPS) is 12.4. The van der Waals surface area contributed by atoms with E-state index in [0.29, 0.717) is 0 Å². The van der Waals surface area contributed by atoms with Crippen LogP contribution in [0.3, 0.4) is 0 Å². The highest BCUT2D eigenvalue weighted by Gasteiger charge is 2.48. The van der Waals surface area contributed by atoms with Crippen molar-refractivity contribution in [2.75, 3.05) is 7.05 Å². The van der Waals surface area contributed by atoms with Gasteiger partial charge in [0.25, 0.3) is 5.91 Å². The Morgan fingerprint density at radius 2 is 2.00 bits per heavy atom. The number of carbonyl (C=O) groups is 1. The minimum atomic E-state index is -5.77. The third-order valence-corrected chi connectivity index (χ3v) is 3.48. The number of furan rings is 1. The molecule has 1 heterocycles. The number of hydrogen-bond acceptors (Lipinski definition) is 5. The number of amides is 1. The van der Waals surface area contributed by atoms with Crippen molar-refractivity contribution in [1.29, 1.82) is 0 Å². The maximum Gasteiger partial charge on any atom is 0.534 e. The number of hydrogen-bond donors (Lipinski definition) is 1. The van der Waals surface area contributed by atoms with E-state index in [2.05, 4.69) is 9.50 Å². The Morgan fingerprint density at radius 1 is 1.33 bits per heavy atom. The van der Waals surface area contributed by atoms with Gasteiger partial charge in [-0.3, -0.25) is 4.79 Å². The smallest absolute Gasteiger partial charge is 0.463 e. The van der Waals surface area contributed by atoms with E-state index in [4.69, 9.17) is 4.42 Å². The van der Waals surface area contributed by atoms with Gasteiger partial charge in [0.05, 0.1) is 5.56 Å². The van der Waals surface area contributed by atoms with Crippen LogP contribution in [0.15, 0.2) is 28.9 Å². The molecule has 0 bridgehead atoms. The molecule has 0 aliphatic rings. The predicted molar refractivity (Wildman–Crippen MR) is 65.2 cm³/mol. The van der Waals surface area contributed by atoms with Crippen LogP contribution in [-0.4, -0.2) is 26.9 Å². The number of fused-ring (bicyclic) bond motifs is 1. The van der Waals surface area contributed by atoms with Crippen LogP contribution in [0.2, 0.25) is 0 Å². The molecule has 0 radical (unpaired) electrons. The topological polar surface area (TPSA) is 85.6 Å². The molecule has 0 atom stereocenters. The van der Waals surface area contributed by atoms with E-state index in [-0.39, 0.29) is 16.5 Å². The Balaban J connectivity index is 2.46. The molecule has 1 aromatic carbocycles. The summed E-state index contributed by atoms with van der Waals surface area (Å²) in [6, 6.07) is 3.17. The summed E-state index contributed by atoms with van der Waals surface area (Å²) in [5, 5.41) is 2.44. The molecule has 0 aliphatic carbocycles. The van der Waals surface area contributed by atoms with Crippen LogP contribution < -0.4 is 9.50 Å². The van der Waals surface area contributed by atoms with Gasteiger partial charge >= 0.3 is 15.6 Å². The van der Waals surface area contributed by atoms with Crippen molar-refractivity contribution < 1.29 is 35.0 Å². The van der Waals surface area contributed by atoms with Crippen LogP contribution in [0.5, 0.6) is 5.75 Å². The monoisotopic (exact) mass is 323 g/mol. The average Bonchev–Trinajstić information content (AvgIpc) is 2.79. The predicted octanol–water partition coefficient (Wildman–Crippen LogP) is 2.02. The molecule has 0 aliphatic heterocycles. The molecule has 2 aromatic rings. The van der Waals surface area contributed by atoms with Crippen molar-refractivity contribution in [3.8, 4) is 5.75 Å². The summed E-state index contributed by atoms with van der Waals surface area (Å²) in [5.74, 6) is -1.11. The van der Waals surface area contributed by atoms with Gasteiger partial charge in [0.15, 0.2) is 0 Å². The van der Waals surface area contributed by atoms with Crippen LogP contribution in [0.1, 0.15) is 10.4 Å². The third-order valence-electron chi connectivity index (χ3n) is 2.51. The first kappa shape index (κ1) is 15.2. The number of alkyl halides is 3. The maximum absolute atomic E-state index is 12.2. The molecule has 0 fully saturated rings. The molecule has 114 valence electrons. The fourth-order valence-electron chi connectivity index (χ4n) is 1.54. The zero-order chi connectivity index (χ0) is 15.8. The Labute approximate surface area is 116 Å². The molecular weight excluding hydrogens is 315 g/mol. The lowest BCUT2D eigenvalue weighted by Gasteiger charge is -2.09. The number of benzene rings is 1. The molecule has 6 nitrogen and oxygen atoms in total. The highest BCUT2D eigenvalue weighted by Crippen LogP contribution is 2.30. The fourth-order valence-corrected chi connectivity index (χ4v) is 2.00. The zero-order valence-corrected chi connectivity index (χ0v) is 11.2. The quantitative estimate of drug-likeness (QED) is 0.690. The summed E-state index contributed by atoms with van der Waals surface area (Å²) < 4.78 is 67.6. The van der Waals surface area contributed by atoms with Gasteiger partial charge in [0.1, 0.15) is 17.6 Å². The van der Waals surface area contributed by atoms with E-state index in [1.54, 1.807) is 0 Å². The van der Waals surface area contributed by atoms with Gasteiger partial charge in [-0.05, 0) is 18.2 Å². The van der Waals surface area contributed by atoms with Gasteiger partial charge in [0.2, 0.25) is 0 Å². The first-order chi connectivity index (χ1) is 9.65. The van der Waals surface area contributed by atoms with E-state index in [9.17, 15) is 26.4 Å². The van der Waals surface area contributed by atoms with Gasteiger partial charge in [-0.2, -0.15) is 21.6 Å². The summed E-state index contributed by atoms with van der Waals surface area (Å²) >= 11 is 0. The molecule has 0 unspecified atom stereocenters. The molecular formula is C11H8F3NO5S. The first-order valence-corrected chi connectivity index (χ1v) is 6.80. The van der Waals surface area contributed by atoms with Crippen LogP contribution >= 0.6 is 0 Å². The summed E-state index contributed by atoms with van der Waals surface area (Å²) in [7, 11) is -4.42. The second-order valence-electron chi connectivity index (χ2n) is 3.87. The zero-order valence-electron chi connectivity index (χ0n) is 10.4. The molecule has 21 heavy (non-hydrogen) atoms. The van der Waals surface area contributed by atoms with Crippen LogP contribution in [0.4, 0.5) is 13.2 Å². The number of halogens is 3. The van der Waals surface area contributed by atoms with Crippen molar-refractivity contribution in [2.45, 2.75) is 5.51 Å². The third kappa shape index (κ3) is 2.79. The van der Waals surface area contributed by atoms with Crippen molar-refractivity contribution in [3.05, 3.63) is 30.0 Å². The Kier molecular flexibility index (Phi) is 3.58. The van der Waals surface area contributed by atoms with Crippen molar-refractivity contribution in [3.63, 3.8) is 0 Å². The number of nitrogens with one attached hydrogen (secondary N) is 1. The van der Waals surface area contributed by atoms with Crippen LogP contribution in [0, 0.1) is 0 Å². The largest absolute Gasteiger partial charge is 0.534 e. The Bertz CT molecular complexity index is 794. The molecule has 10 heteroatoms. The van der Waals surface area contributed by atoms with Crippen molar-refractivity contribution in [2.24, 2.45) is 0 Å². The molecule has 1 N–H and O–H groups in total. The molecule has 0 saturated heterocycles. The number of rotatable bonds is 3. The lowest BCUT2D eigenvalue weighted by Crippen LogP contribution is -2.28. The average molecular weight is 323 g/mol. The summed E-state index contributed by atoms with van der Waals surface area (Å²) in [4.78, 5) is 11.5. The van der Waals surface area contributed by atoms with E-state index in [1.807, 2.05) is 0 Å². The van der Waals surface area contributed by atoms with Crippen LogP contribution in [0.25, 0.3) is 11.0 Å². The highest BCUT2D eigenvalue weighted by molar-refractivity contribution is 7.88. The molecule has 0 saturated carbocycles. The fraction of sp³-hybridized carbons (Fsp3) is 0.182. The summed E-state index contributed by atoms with van der Waals surface area (Å²) in [6.07, 6.45) is 1.10. The van der Waals surface area contributed by atoms with Crippen LogP contribution in [-0.2, 0) is 10.1 Å². The minimum Gasteiger partial charge on any atom is -0.463 e. The van der Waals surface area contributed by atoms with E-state index in [0.717, 1.165) is 18.4 Å². The van der Waals surface area contributed by atoms with Crippen molar-refractivity contribution in [1.82, 2.24) is 5.32 Å². The second-order valence-corrected chi connectivity index (χ2v) is 5.41. The summed E-state index contributed by atoms with van der Waals surface area (Å²) in [5.41, 5.74) is -5.30. The number of carbonyl (C=O) groups excluding carboxylic acids is 1. The van der Waals surface area contributed by atoms with Gasteiger partial charge in [-0.15, -0.1) is 0 Å². The van der Waals surface area contributed by atoms with Gasteiger partial charge in [-0.25, -0.2) is 0 Å². The van der Waals surface area contributed by atoms with E-state index >= 15 is 0 Å². The molecule has 1 amide bonds.